The molecule has 0 spiro atoms. The molecule has 198 valence electrons. The molecule has 9 nitrogen and oxygen atoms in total. The van der Waals surface area contributed by atoms with Gasteiger partial charge in [-0.05, 0) is 56.0 Å². The zero-order valence-electron chi connectivity index (χ0n) is 22.6. The van der Waals surface area contributed by atoms with Crippen molar-refractivity contribution in [2.45, 2.75) is 64.6 Å². The molecule has 3 atom stereocenters. The second-order valence-electron chi connectivity index (χ2n) is 10.3. The van der Waals surface area contributed by atoms with E-state index in [4.69, 9.17) is 6.57 Å². The van der Waals surface area contributed by atoms with Gasteiger partial charge in [-0.1, -0.05) is 32.6 Å². The number of rotatable bonds is 6. The molecule has 1 unspecified atom stereocenters. The van der Waals surface area contributed by atoms with Crippen molar-refractivity contribution in [1.29, 1.82) is 0 Å². The van der Waals surface area contributed by atoms with Gasteiger partial charge in [-0.25, -0.2) is 4.79 Å². The van der Waals surface area contributed by atoms with E-state index in [0.717, 1.165) is 44.6 Å². The number of fused-ring (bicyclic) bond motifs is 1. The van der Waals surface area contributed by atoms with Crippen molar-refractivity contribution in [1.82, 2.24) is 19.4 Å². The molecule has 0 bridgehead atoms. The summed E-state index contributed by atoms with van der Waals surface area (Å²) in [7, 11) is 1.69. The van der Waals surface area contributed by atoms with Gasteiger partial charge in [0.2, 0.25) is 11.4 Å². The molecule has 38 heavy (non-hydrogen) atoms. The van der Waals surface area contributed by atoms with E-state index in [1.165, 1.54) is 10.1 Å². The summed E-state index contributed by atoms with van der Waals surface area (Å²) in [5.74, 6) is 1.07. The number of amides is 1. The van der Waals surface area contributed by atoms with E-state index >= 15 is 0 Å². The first-order valence-corrected chi connectivity index (χ1v) is 13.5. The molecule has 2 aliphatic rings. The highest BCUT2D eigenvalue weighted by molar-refractivity contribution is 5.95. The van der Waals surface area contributed by atoms with Crippen molar-refractivity contribution in [3.05, 3.63) is 63.9 Å². The third-order valence-electron chi connectivity index (χ3n) is 8.25. The number of carbonyl (C=O) groups excluding carboxylic acids is 1. The van der Waals surface area contributed by atoms with E-state index in [-0.39, 0.29) is 29.7 Å². The molecular weight excluding hydrogens is 478 g/mol. The maximum Gasteiger partial charge on any atom is 0.350 e. The Hall–Kier alpha value is -3.77. The van der Waals surface area contributed by atoms with Crippen LogP contribution in [0.25, 0.3) is 15.9 Å². The molecule has 0 saturated carbocycles. The lowest BCUT2D eigenvalue weighted by atomic mass is 9.97. The normalized spacial score (nSPS) is 21.2. The van der Waals surface area contributed by atoms with E-state index in [0.29, 0.717) is 29.1 Å². The molecule has 3 aromatic rings. The third-order valence-corrected chi connectivity index (χ3v) is 8.25. The highest BCUT2D eigenvalue weighted by Crippen LogP contribution is 2.34. The Morgan fingerprint density at radius 3 is 2.39 bits per heavy atom. The molecule has 0 N–H and O–H groups in total. The second kappa shape index (κ2) is 10.5. The van der Waals surface area contributed by atoms with Gasteiger partial charge in [0, 0.05) is 56.9 Å². The van der Waals surface area contributed by atoms with Gasteiger partial charge >= 0.3 is 5.69 Å². The summed E-state index contributed by atoms with van der Waals surface area (Å²) < 4.78 is 1.50. The second-order valence-corrected chi connectivity index (χ2v) is 10.3. The van der Waals surface area contributed by atoms with E-state index < -0.39 is 0 Å². The summed E-state index contributed by atoms with van der Waals surface area (Å²) in [5.41, 5.74) is 3.16. The van der Waals surface area contributed by atoms with Crippen LogP contribution >= 0.6 is 0 Å². The third kappa shape index (κ3) is 4.54. The number of pyridine rings is 1. The maximum absolute atomic E-state index is 12.8. The summed E-state index contributed by atoms with van der Waals surface area (Å²) >= 11 is 0. The van der Waals surface area contributed by atoms with Gasteiger partial charge < -0.3 is 14.6 Å². The van der Waals surface area contributed by atoms with Crippen molar-refractivity contribution in [2.24, 2.45) is 7.05 Å². The molecule has 9 heteroatoms. The maximum atomic E-state index is 12.8. The van der Waals surface area contributed by atoms with Gasteiger partial charge in [0.15, 0.2) is 5.82 Å². The first kappa shape index (κ1) is 25.9. The summed E-state index contributed by atoms with van der Waals surface area (Å²) in [6, 6.07) is 12.5. The number of anilines is 2. The van der Waals surface area contributed by atoms with Crippen LogP contribution in [-0.2, 0) is 11.8 Å². The van der Waals surface area contributed by atoms with Gasteiger partial charge in [-0.3, -0.25) is 14.3 Å². The number of aromatic nitrogens is 3. The fourth-order valence-electron chi connectivity index (χ4n) is 5.93. The van der Waals surface area contributed by atoms with Gasteiger partial charge in [-0.15, -0.1) is 4.98 Å². The Bertz CT molecular complexity index is 1440. The lowest BCUT2D eigenvalue weighted by molar-refractivity contribution is -0.117. The summed E-state index contributed by atoms with van der Waals surface area (Å²) in [5, 5.41) is 0. The number of piperazine rings is 1. The van der Waals surface area contributed by atoms with E-state index in [9.17, 15) is 9.59 Å². The van der Waals surface area contributed by atoms with Crippen molar-refractivity contribution in [3.8, 4) is 0 Å². The molecule has 2 saturated heterocycles. The van der Waals surface area contributed by atoms with Crippen LogP contribution in [0.3, 0.4) is 0 Å². The molecule has 2 aromatic heterocycles. The minimum Gasteiger partial charge on any atom is -0.361 e. The summed E-state index contributed by atoms with van der Waals surface area (Å²) in [4.78, 5) is 44.2. The van der Waals surface area contributed by atoms with E-state index in [1.54, 1.807) is 19.2 Å². The number of hydrogen-bond acceptors (Lipinski definition) is 6. The minimum absolute atomic E-state index is 0.142. The molecule has 1 aromatic carbocycles. The molecule has 2 aliphatic heterocycles. The van der Waals surface area contributed by atoms with Gasteiger partial charge in [0.1, 0.15) is 0 Å². The van der Waals surface area contributed by atoms with E-state index in [2.05, 4.69) is 69.6 Å². The predicted octanol–water partition coefficient (Wildman–Crippen LogP) is 4.45. The van der Waals surface area contributed by atoms with Crippen LogP contribution in [0.1, 0.15) is 58.1 Å². The zero-order valence-corrected chi connectivity index (χ0v) is 22.6. The number of nitrogens with zero attached hydrogens (tertiary/aromatic N) is 7. The van der Waals surface area contributed by atoms with Gasteiger partial charge in [-0.2, -0.15) is 4.98 Å². The first-order valence-electron chi connectivity index (χ1n) is 13.5. The van der Waals surface area contributed by atoms with Crippen LogP contribution in [-0.4, -0.2) is 57.1 Å². The summed E-state index contributed by atoms with van der Waals surface area (Å²) in [6.45, 7) is 16.4. The quantitative estimate of drug-likeness (QED) is 0.454. The molecule has 4 heterocycles. The Kier molecular flexibility index (Phi) is 7.17. The number of hydrogen-bond donors (Lipinski definition) is 0. The zero-order chi connectivity index (χ0) is 27.0. The lowest BCUT2D eigenvalue weighted by Crippen LogP contribution is -2.59. The van der Waals surface area contributed by atoms with Crippen LogP contribution in [0.5, 0.6) is 0 Å². The number of carbonyl (C=O) groups is 1. The van der Waals surface area contributed by atoms with Crippen molar-refractivity contribution in [2.75, 3.05) is 29.4 Å². The van der Waals surface area contributed by atoms with Crippen molar-refractivity contribution >= 4 is 34.3 Å². The Morgan fingerprint density at radius 1 is 1.03 bits per heavy atom. The Labute approximate surface area is 223 Å². The van der Waals surface area contributed by atoms with Gasteiger partial charge in [0.05, 0.1) is 5.52 Å². The minimum atomic E-state index is -0.319. The standard InChI is InChI=1S/C29H35N7O2/c1-6-21-18-36(28-27-24(33(5)29(38)32-28)14-15-25(30-4)31-27)22(7-2)17-35(21)19(3)20-10-12-23(13-11-20)34-16-8-9-26(34)37/h10-15,19,21-22H,6-9,16-18H2,1-3,5H3/t19?,21-,22+/m1/s1. The van der Waals surface area contributed by atoms with Gasteiger partial charge in [0.25, 0.3) is 5.82 Å². The molecular formula is C29H35N7O2. The largest absolute Gasteiger partial charge is 0.361 e. The average Bonchev–Trinajstić information content (AvgIpc) is 3.39. The Morgan fingerprint density at radius 2 is 1.76 bits per heavy atom. The first-order chi connectivity index (χ1) is 18.4. The fraction of sp³-hybridized carbons (Fsp3) is 0.483. The Balaban J connectivity index is 1.45. The van der Waals surface area contributed by atoms with Crippen LogP contribution in [0.4, 0.5) is 17.3 Å². The molecule has 2 fully saturated rings. The highest BCUT2D eigenvalue weighted by atomic mass is 16.2. The molecule has 1 amide bonds. The molecule has 0 aliphatic carbocycles. The fourth-order valence-corrected chi connectivity index (χ4v) is 5.93. The molecule has 0 radical (unpaired) electrons. The highest BCUT2D eigenvalue weighted by Gasteiger charge is 2.37. The van der Waals surface area contributed by atoms with Crippen molar-refractivity contribution in [3.63, 3.8) is 0 Å². The topological polar surface area (TPSA) is 78.9 Å². The van der Waals surface area contributed by atoms with Crippen LogP contribution < -0.4 is 15.5 Å². The number of benzene rings is 1. The van der Waals surface area contributed by atoms with Crippen LogP contribution in [0.15, 0.2) is 41.2 Å². The van der Waals surface area contributed by atoms with Crippen molar-refractivity contribution < 1.29 is 4.79 Å². The van der Waals surface area contributed by atoms with Crippen LogP contribution in [0, 0.1) is 6.57 Å². The monoisotopic (exact) mass is 513 g/mol. The smallest absolute Gasteiger partial charge is 0.350 e. The molecule has 5 rings (SSSR count). The average molecular weight is 514 g/mol. The summed E-state index contributed by atoms with van der Waals surface area (Å²) in [6.07, 6.45) is 3.38. The number of aryl methyl sites for hydroxylation is 1. The van der Waals surface area contributed by atoms with Crippen LogP contribution in [0.2, 0.25) is 0 Å². The van der Waals surface area contributed by atoms with E-state index in [1.807, 2.05) is 4.90 Å². The predicted molar refractivity (Wildman–Crippen MR) is 150 cm³/mol. The SMILES string of the molecule is [C-]#[N+]c1ccc2c(n1)c(N1C[C@@H](CC)N(C(C)c3ccc(N4CCCC4=O)cc3)C[C@@H]1CC)nc(=O)n2C. The lowest BCUT2D eigenvalue weighted by Gasteiger charge is -2.49.